The van der Waals surface area contributed by atoms with Gasteiger partial charge in [0, 0.05) is 16.8 Å². The van der Waals surface area contributed by atoms with Gasteiger partial charge in [0.25, 0.3) is 5.91 Å². The first-order valence-corrected chi connectivity index (χ1v) is 9.01. The minimum atomic E-state index is -0.328. The summed E-state index contributed by atoms with van der Waals surface area (Å²) in [7, 11) is 0. The fourth-order valence-corrected chi connectivity index (χ4v) is 3.61. The zero-order valence-corrected chi connectivity index (χ0v) is 15.5. The Labute approximate surface area is 153 Å². The van der Waals surface area contributed by atoms with Crippen LogP contribution in [-0.2, 0) is 12.8 Å². The molecule has 0 aliphatic heterocycles. The molecule has 0 saturated carbocycles. The first kappa shape index (κ1) is 18.2. The third-order valence-corrected chi connectivity index (χ3v) is 4.67. The zero-order valence-electron chi connectivity index (χ0n) is 15.5. The summed E-state index contributed by atoms with van der Waals surface area (Å²) in [6.45, 7) is 6.75. The highest BCUT2D eigenvalue weighted by atomic mass is 16.3. The molecule has 138 valence electrons. The second-order valence-electron chi connectivity index (χ2n) is 8.16. The van der Waals surface area contributed by atoms with Gasteiger partial charge in [0.1, 0.15) is 5.75 Å². The molecule has 0 bridgehead atoms. The molecule has 1 atom stereocenters. The van der Waals surface area contributed by atoms with E-state index in [-0.39, 0.29) is 17.1 Å². The second-order valence-corrected chi connectivity index (χ2v) is 8.16. The number of benzene rings is 1. The summed E-state index contributed by atoms with van der Waals surface area (Å²) >= 11 is 0. The quantitative estimate of drug-likeness (QED) is 0.580. The molecule has 1 amide bonds. The smallest absolute Gasteiger partial charge is 0.292 e. The van der Waals surface area contributed by atoms with Crippen LogP contribution in [0.4, 0.5) is 0 Å². The van der Waals surface area contributed by atoms with Crippen molar-refractivity contribution in [3.8, 4) is 5.75 Å². The van der Waals surface area contributed by atoms with Crippen molar-refractivity contribution in [2.24, 2.45) is 16.4 Å². The zero-order chi connectivity index (χ0) is 18.7. The summed E-state index contributed by atoms with van der Waals surface area (Å²) in [6.07, 6.45) is 5.48. The number of fused-ring (bicyclic) bond motifs is 1. The number of aryl methyl sites for hydroxylation is 1. The summed E-state index contributed by atoms with van der Waals surface area (Å²) in [6, 6.07) is 6.82. The topological polar surface area (TPSA) is 90.4 Å². The SMILES string of the molecule is CC(C)(C)C[C@@H]1CCc2[nH]nc(C(=O)N/N=C\c3ccccc3O)c2C1. The van der Waals surface area contributed by atoms with Crippen LogP contribution in [0.3, 0.4) is 0 Å². The standard InChI is InChI=1S/C20H26N4O2/c1-20(2,3)11-13-8-9-16-15(10-13)18(23-22-16)19(26)24-21-12-14-6-4-5-7-17(14)25/h4-7,12-13,25H,8-11H2,1-3H3,(H,22,23)(H,24,26)/b21-12-/t13-/m1/s1. The number of aromatic hydroxyl groups is 1. The Kier molecular flexibility index (Phi) is 5.11. The van der Waals surface area contributed by atoms with E-state index in [9.17, 15) is 9.90 Å². The van der Waals surface area contributed by atoms with E-state index in [0.29, 0.717) is 17.2 Å². The van der Waals surface area contributed by atoms with Gasteiger partial charge >= 0.3 is 0 Å². The highest BCUT2D eigenvalue weighted by Gasteiger charge is 2.28. The molecular weight excluding hydrogens is 328 g/mol. The van der Waals surface area contributed by atoms with E-state index in [0.717, 1.165) is 36.9 Å². The Hall–Kier alpha value is -2.63. The number of carbonyl (C=O) groups excluding carboxylic acids is 1. The minimum absolute atomic E-state index is 0.118. The fourth-order valence-electron chi connectivity index (χ4n) is 3.61. The molecule has 26 heavy (non-hydrogen) atoms. The summed E-state index contributed by atoms with van der Waals surface area (Å²) in [5.74, 6) is 0.356. The molecule has 0 radical (unpaired) electrons. The summed E-state index contributed by atoms with van der Waals surface area (Å²) in [5, 5.41) is 20.9. The summed E-state index contributed by atoms with van der Waals surface area (Å²) in [4.78, 5) is 12.5. The molecule has 3 rings (SSSR count). The first-order valence-electron chi connectivity index (χ1n) is 9.01. The summed E-state index contributed by atoms with van der Waals surface area (Å²) in [5.41, 5.74) is 5.83. The normalized spacial score (nSPS) is 17.3. The average molecular weight is 354 g/mol. The van der Waals surface area contributed by atoms with Gasteiger partial charge in [0.05, 0.1) is 6.21 Å². The van der Waals surface area contributed by atoms with Gasteiger partial charge in [-0.2, -0.15) is 10.2 Å². The molecule has 1 aliphatic carbocycles. The van der Waals surface area contributed by atoms with Gasteiger partial charge in [0.15, 0.2) is 5.69 Å². The van der Waals surface area contributed by atoms with Gasteiger partial charge in [-0.3, -0.25) is 9.89 Å². The molecule has 1 heterocycles. The maximum Gasteiger partial charge on any atom is 0.292 e. The number of carbonyl (C=O) groups is 1. The molecule has 0 spiro atoms. The number of hydrogen-bond donors (Lipinski definition) is 3. The highest BCUT2D eigenvalue weighted by molar-refractivity contribution is 5.95. The molecule has 1 aromatic heterocycles. The van der Waals surface area contributed by atoms with Crippen LogP contribution in [0.1, 0.15) is 60.9 Å². The van der Waals surface area contributed by atoms with Crippen molar-refractivity contribution in [1.29, 1.82) is 0 Å². The lowest BCUT2D eigenvalue weighted by Crippen LogP contribution is -2.24. The number of nitrogens with zero attached hydrogens (tertiary/aromatic N) is 2. The number of aromatic nitrogens is 2. The van der Waals surface area contributed by atoms with Crippen LogP contribution in [0.25, 0.3) is 0 Å². The van der Waals surface area contributed by atoms with Crippen LogP contribution in [0, 0.1) is 11.3 Å². The molecule has 0 saturated heterocycles. The van der Waals surface area contributed by atoms with Crippen molar-refractivity contribution in [2.75, 3.05) is 0 Å². The number of H-pyrrole nitrogens is 1. The maximum absolute atomic E-state index is 12.5. The Bertz CT molecular complexity index is 817. The van der Waals surface area contributed by atoms with Crippen molar-refractivity contribution in [1.82, 2.24) is 15.6 Å². The number of aromatic amines is 1. The van der Waals surface area contributed by atoms with Gasteiger partial charge in [-0.25, -0.2) is 5.43 Å². The largest absolute Gasteiger partial charge is 0.507 e. The molecule has 0 fully saturated rings. The van der Waals surface area contributed by atoms with E-state index in [1.165, 1.54) is 6.21 Å². The minimum Gasteiger partial charge on any atom is -0.507 e. The van der Waals surface area contributed by atoms with E-state index in [1.807, 2.05) is 0 Å². The van der Waals surface area contributed by atoms with E-state index in [4.69, 9.17) is 0 Å². The van der Waals surface area contributed by atoms with Gasteiger partial charge < -0.3 is 5.11 Å². The molecule has 6 nitrogen and oxygen atoms in total. The van der Waals surface area contributed by atoms with Crippen LogP contribution in [0.2, 0.25) is 0 Å². The second kappa shape index (κ2) is 7.32. The van der Waals surface area contributed by atoms with Crippen LogP contribution >= 0.6 is 0 Å². The van der Waals surface area contributed by atoms with Crippen molar-refractivity contribution < 1.29 is 9.90 Å². The number of nitrogens with one attached hydrogen (secondary N) is 2. The molecular formula is C20H26N4O2. The van der Waals surface area contributed by atoms with Crippen molar-refractivity contribution in [3.05, 3.63) is 46.8 Å². The van der Waals surface area contributed by atoms with E-state index < -0.39 is 0 Å². The Balaban J connectivity index is 1.68. The number of rotatable bonds is 4. The van der Waals surface area contributed by atoms with E-state index in [1.54, 1.807) is 24.3 Å². The van der Waals surface area contributed by atoms with Gasteiger partial charge in [0.2, 0.25) is 0 Å². The van der Waals surface area contributed by atoms with E-state index in [2.05, 4.69) is 41.5 Å². The maximum atomic E-state index is 12.5. The van der Waals surface area contributed by atoms with Crippen LogP contribution in [0.5, 0.6) is 5.75 Å². The lowest BCUT2D eigenvalue weighted by molar-refractivity contribution is 0.0948. The summed E-state index contributed by atoms with van der Waals surface area (Å²) < 4.78 is 0. The number of phenolic OH excluding ortho intramolecular Hbond substituents is 1. The number of hydrogen-bond acceptors (Lipinski definition) is 4. The molecule has 0 unspecified atom stereocenters. The lowest BCUT2D eigenvalue weighted by atomic mass is 9.76. The van der Waals surface area contributed by atoms with Gasteiger partial charge in [-0.05, 0) is 49.1 Å². The number of para-hydroxylation sites is 1. The van der Waals surface area contributed by atoms with Crippen LogP contribution < -0.4 is 5.43 Å². The van der Waals surface area contributed by atoms with Gasteiger partial charge in [-0.15, -0.1) is 0 Å². The Morgan fingerprint density at radius 2 is 2.19 bits per heavy atom. The Morgan fingerprint density at radius 3 is 2.92 bits per heavy atom. The predicted molar refractivity (Wildman–Crippen MR) is 101 cm³/mol. The molecule has 2 aromatic rings. The fraction of sp³-hybridized carbons (Fsp3) is 0.450. The third-order valence-electron chi connectivity index (χ3n) is 4.67. The monoisotopic (exact) mass is 354 g/mol. The van der Waals surface area contributed by atoms with Gasteiger partial charge in [-0.1, -0.05) is 32.9 Å². The van der Waals surface area contributed by atoms with Crippen molar-refractivity contribution >= 4 is 12.1 Å². The van der Waals surface area contributed by atoms with Crippen molar-refractivity contribution in [2.45, 2.75) is 46.5 Å². The average Bonchev–Trinajstić information content (AvgIpc) is 2.98. The first-order chi connectivity index (χ1) is 12.3. The number of phenols is 1. The molecule has 1 aromatic carbocycles. The molecule has 6 heteroatoms. The van der Waals surface area contributed by atoms with E-state index >= 15 is 0 Å². The molecule has 3 N–H and O–H groups in total. The Morgan fingerprint density at radius 1 is 1.42 bits per heavy atom. The number of amides is 1. The molecule has 1 aliphatic rings. The highest BCUT2D eigenvalue weighted by Crippen LogP contribution is 2.34. The lowest BCUT2D eigenvalue weighted by Gasteiger charge is -2.28. The van der Waals surface area contributed by atoms with Crippen LogP contribution in [0.15, 0.2) is 29.4 Å². The predicted octanol–water partition coefficient (Wildman–Crippen LogP) is 3.42. The third kappa shape index (κ3) is 4.31. The van der Waals surface area contributed by atoms with Crippen molar-refractivity contribution in [3.63, 3.8) is 0 Å². The number of hydrazone groups is 1. The van der Waals surface area contributed by atoms with Crippen LogP contribution in [-0.4, -0.2) is 27.4 Å².